The first-order chi connectivity index (χ1) is 13.0. The Balaban J connectivity index is 1.58. The van der Waals surface area contributed by atoms with Gasteiger partial charge >= 0.3 is 0 Å². The normalized spacial score (nSPS) is 20.3. The van der Waals surface area contributed by atoms with E-state index in [4.69, 9.17) is 5.73 Å². The maximum Gasteiger partial charge on any atom is 0.251 e. The summed E-state index contributed by atoms with van der Waals surface area (Å²) >= 11 is 2.29. The van der Waals surface area contributed by atoms with Crippen LogP contribution in [-0.4, -0.2) is 24.3 Å². The summed E-state index contributed by atoms with van der Waals surface area (Å²) in [5.41, 5.74) is 11.0. The highest BCUT2D eigenvalue weighted by molar-refractivity contribution is 14.1. The third-order valence-electron chi connectivity index (χ3n) is 4.75. The quantitative estimate of drug-likeness (QED) is 0.668. The van der Waals surface area contributed by atoms with Crippen molar-refractivity contribution in [2.24, 2.45) is 10.8 Å². The number of halogens is 1. The van der Waals surface area contributed by atoms with Crippen LogP contribution in [0.25, 0.3) is 6.08 Å². The number of carbonyl (C=O) groups excluding carboxylic acids is 1. The highest BCUT2D eigenvalue weighted by atomic mass is 127. The fourth-order valence-corrected chi connectivity index (χ4v) is 3.60. The molecule has 5 nitrogen and oxygen atoms in total. The number of anilines is 1. The second-order valence-corrected chi connectivity index (χ2v) is 8.23. The Morgan fingerprint density at radius 1 is 1.30 bits per heavy atom. The van der Waals surface area contributed by atoms with Crippen LogP contribution in [0, 0.1) is 10.5 Å². The van der Waals surface area contributed by atoms with Crippen molar-refractivity contribution in [3.8, 4) is 0 Å². The molecule has 1 saturated carbocycles. The molecule has 0 aromatic heterocycles. The summed E-state index contributed by atoms with van der Waals surface area (Å²) in [5.74, 6) is -0.0369. The molecule has 3 N–H and O–H groups in total. The Morgan fingerprint density at radius 3 is 2.85 bits per heavy atom. The van der Waals surface area contributed by atoms with E-state index in [9.17, 15) is 4.79 Å². The number of hydrogen-bond acceptors (Lipinski definition) is 4. The maximum atomic E-state index is 12.4. The lowest BCUT2D eigenvalue weighted by atomic mass is 10.1. The summed E-state index contributed by atoms with van der Waals surface area (Å²) in [5, 5.41) is 9.31. The van der Waals surface area contributed by atoms with E-state index in [1.54, 1.807) is 11.2 Å². The van der Waals surface area contributed by atoms with Gasteiger partial charge in [-0.25, -0.2) is 5.01 Å². The first-order valence-corrected chi connectivity index (χ1v) is 10.1. The van der Waals surface area contributed by atoms with E-state index in [1.807, 2.05) is 37.3 Å². The number of nitrogens with one attached hydrogen (secondary N) is 1. The van der Waals surface area contributed by atoms with Gasteiger partial charge in [-0.1, -0.05) is 18.2 Å². The zero-order valence-electron chi connectivity index (χ0n) is 15.0. The van der Waals surface area contributed by atoms with Crippen LogP contribution >= 0.6 is 22.6 Å². The van der Waals surface area contributed by atoms with Crippen LogP contribution < -0.4 is 16.1 Å². The van der Waals surface area contributed by atoms with Gasteiger partial charge in [0.2, 0.25) is 0 Å². The predicted molar refractivity (Wildman–Crippen MR) is 118 cm³/mol. The number of carbonyl (C=O) groups is 1. The van der Waals surface area contributed by atoms with Gasteiger partial charge in [-0.05, 0) is 83.8 Å². The molecule has 2 aromatic carbocycles. The molecule has 6 heteroatoms. The van der Waals surface area contributed by atoms with Crippen molar-refractivity contribution in [1.82, 2.24) is 5.32 Å². The molecule has 0 bridgehead atoms. The first-order valence-electron chi connectivity index (χ1n) is 8.99. The molecule has 1 fully saturated rings. The number of hydrazone groups is 1. The first kappa shape index (κ1) is 18.2. The number of aryl methyl sites for hydroxylation is 1. The van der Waals surface area contributed by atoms with Gasteiger partial charge in [-0.2, -0.15) is 5.10 Å². The second kappa shape index (κ2) is 7.44. The van der Waals surface area contributed by atoms with Crippen LogP contribution in [0.4, 0.5) is 5.69 Å². The summed E-state index contributed by atoms with van der Waals surface area (Å²) in [6.45, 7) is 2.00. The molecule has 138 valence electrons. The van der Waals surface area contributed by atoms with Crippen LogP contribution in [0.5, 0.6) is 0 Å². The average Bonchev–Trinajstić information content (AvgIpc) is 3.39. The number of benzene rings is 2. The van der Waals surface area contributed by atoms with Gasteiger partial charge in [0.15, 0.2) is 0 Å². The predicted octanol–water partition coefficient (Wildman–Crippen LogP) is 3.67. The molecule has 1 unspecified atom stereocenters. The van der Waals surface area contributed by atoms with Crippen LogP contribution in [0.2, 0.25) is 0 Å². The van der Waals surface area contributed by atoms with Crippen molar-refractivity contribution in [2.75, 3.05) is 5.01 Å². The average molecular weight is 472 g/mol. The molecule has 2 aliphatic rings. The molecule has 0 spiro atoms. The fourth-order valence-electron chi connectivity index (χ4n) is 3.04. The zero-order chi connectivity index (χ0) is 19.0. The minimum Gasteiger partial charge on any atom is -0.349 e. The van der Waals surface area contributed by atoms with Crippen LogP contribution in [-0.2, 0) is 0 Å². The van der Waals surface area contributed by atoms with E-state index < -0.39 is 0 Å². The molecule has 1 aliphatic heterocycles. The maximum absolute atomic E-state index is 12.4. The Labute approximate surface area is 172 Å². The molecule has 4 rings (SSSR count). The molecule has 0 saturated heterocycles. The van der Waals surface area contributed by atoms with Crippen LogP contribution in [0.15, 0.2) is 53.1 Å². The van der Waals surface area contributed by atoms with Crippen molar-refractivity contribution >= 4 is 46.5 Å². The molecule has 1 aliphatic carbocycles. The van der Waals surface area contributed by atoms with E-state index >= 15 is 0 Å². The topological polar surface area (TPSA) is 70.7 Å². The van der Waals surface area contributed by atoms with Crippen LogP contribution in [0.3, 0.4) is 0 Å². The fraction of sp³-hybridized carbons (Fsp3) is 0.238. The van der Waals surface area contributed by atoms with E-state index in [-0.39, 0.29) is 12.1 Å². The second-order valence-electron chi connectivity index (χ2n) is 6.98. The lowest BCUT2D eigenvalue weighted by Crippen LogP contribution is -2.36. The number of nitrogens with two attached hydrogens (primary N) is 1. The molecule has 1 heterocycles. The summed E-state index contributed by atoms with van der Waals surface area (Å²) < 4.78 is 1.17. The van der Waals surface area contributed by atoms with Gasteiger partial charge in [0.05, 0.1) is 11.9 Å². The number of nitrogens with zero attached hydrogens (tertiary/aromatic N) is 2. The highest BCUT2D eigenvalue weighted by Gasteiger charge is 2.27. The zero-order valence-corrected chi connectivity index (χ0v) is 17.2. The lowest BCUT2D eigenvalue weighted by Gasteiger charge is -2.23. The van der Waals surface area contributed by atoms with Gasteiger partial charge in [0, 0.05) is 20.7 Å². The smallest absolute Gasteiger partial charge is 0.251 e. The third kappa shape index (κ3) is 4.06. The SMILES string of the molecule is Cc1ccc(C(=O)NC2CC2)cc1N1N=CC(=Cc2cccc(I)c2)C1N. The molecule has 27 heavy (non-hydrogen) atoms. The van der Waals surface area contributed by atoms with E-state index in [0.29, 0.717) is 11.6 Å². The van der Waals surface area contributed by atoms with Crippen molar-refractivity contribution in [3.63, 3.8) is 0 Å². The molecule has 2 aromatic rings. The lowest BCUT2D eigenvalue weighted by molar-refractivity contribution is 0.0951. The summed E-state index contributed by atoms with van der Waals surface area (Å²) in [6, 6.07) is 14.2. The van der Waals surface area contributed by atoms with Gasteiger partial charge in [-0.3, -0.25) is 4.79 Å². The standard InChI is InChI=1S/C21H21IN4O/c1-13-5-6-15(21(27)25-18-7-8-18)11-19(13)26-20(23)16(12-24-26)9-14-3-2-4-17(22)10-14/h2-6,9-12,18,20H,7-8,23H2,1H3,(H,25,27). The molecule has 1 amide bonds. The van der Waals surface area contributed by atoms with E-state index in [0.717, 1.165) is 35.2 Å². The Hall–Kier alpha value is -2.19. The molecular formula is C21H21IN4O. The Morgan fingerprint density at radius 2 is 2.11 bits per heavy atom. The molecule has 0 radical (unpaired) electrons. The molecular weight excluding hydrogens is 451 g/mol. The molecule has 1 atom stereocenters. The third-order valence-corrected chi connectivity index (χ3v) is 5.42. The minimum atomic E-state index is -0.386. The summed E-state index contributed by atoms with van der Waals surface area (Å²) in [7, 11) is 0. The largest absolute Gasteiger partial charge is 0.349 e. The number of hydrogen-bond donors (Lipinski definition) is 2. The van der Waals surface area contributed by atoms with Gasteiger partial charge in [-0.15, -0.1) is 0 Å². The van der Waals surface area contributed by atoms with Crippen molar-refractivity contribution < 1.29 is 4.79 Å². The van der Waals surface area contributed by atoms with Gasteiger partial charge in [0.1, 0.15) is 6.17 Å². The summed E-state index contributed by atoms with van der Waals surface area (Å²) in [4.78, 5) is 12.4. The van der Waals surface area contributed by atoms with Crippen LogP contribution in [0.1, 0.15) is 34.3 Å². The van der Waals surface area contributed by atoms with Gasteiger partial charge < -0.3 is 11.1 Å². The van der Waals surface area contributed by atoms with Crippen molar-refractivity contribution in [3.05, 3.63) is 68.3 Å². The number of rotatable bonds is 4. The highest BCUT2D eigenvalue weighted by Crippen LogP contribution is 2.29. The van der Waals surface area contributed by atoms with Crippen molar-refractivity contribution in [2.45, 2.75) is 32.0 Å². The van der Waals surface area contributed by atoms with Crippen molar-refractivity contribution in [1.29, 1.82) is 0 Å². The van der Waals surface area contributed by atoms with Gasteiger partial charge in [0.25, 0.3) is 5.91 Å². The van der Waals surface area contributed by atoms with E-state index in [1.165, 1.54) is 3.57 Å². The summed E-state index contributed by atoms with van der Waals surface area (Å²) in [6.07, 6.45) is 5.59. The Bertz CT molecular complexity index is 949. The number of amides is 1. The van der Waals surface area contributed by atoms with E-state index in [2.05, 4.69) is 51.2 Å². The Kier molecular flexibility index (Phi) is 5.01. The minimum absolute atomic E-state index is 0.0369. The monoisotopic (exact) mass is 472 g/mol.